The van der Waals surface area contributed by atoms with Crippen LogP contribution in [0.4, 0.5) is 5.13 Å². The van der Waals surface area contributed by atoms with Gasteiger partial charge in [-0.25, -0.2) is 9.78 Å². The van der Waals surface area contributed by atoms with Crippen molar-refractivity contribution >= 4 is 49.9 Å². The number of esters is 1. The molecule has 0 aliphatic rings. The van der Waals surface area contributed by atoms with E-state index in [-0.39, 0.29) is 17.5 Å². The number of anilines is 1. The Bertz CT molecular complexity index is 1060. The predicted octanol–water partition coefficient (Wildman–Crippen LogP) is 2.47. The van der Waals surface area contributed by atoms with Gasteiger partial charge in [0.1, 0.15) is 16.4 Å². The number of fused-ring (bicyclic) bond motifs is 1. The van der Waals surface area contributed by atoms with Gasteiger partial charge in [0.15, 0.2) is 0 Å². The molecule has 0 aromatic carbocycles. The Morgan fingerprint density at radius 3 is 2.82 bits per heavy atom. The first kappa shape index (κ1) is 20.1. The van der Waals surface area contributed by atoms with Crippen LogP contribution in [-0.2, 0) is 22.5 Å². The lowest BCUT2D eigenvalue weighted by atomic mass is 10.2. The van der Waals surface area contributed by atoms with Crippen LogP contribution in [0.3, 0.4) is 0 Å². The van der Waals surface area contributed by atoms with Gasteiger partial charge in [-0.1, -0.05) is 31.6 Å². The third-order valence-electron chi connectivity index (χ3n) is 3.84. The van der Waals surface area contributed by atoms with E-state index in [2.05, 4.69) is 20.5 Å². The molecular weight excluding hydrogens is 402 g/mol. The van der Waals surface area contributed by atoms with E-state index >= 15 is 0 Å². The highest BCUT2D eigenvalue weighted by molar-refractivity contribution is 7.17. The zero-order valence-corrected chi connectivity index (χ0v) is 17.1. The molecule has 0 spiro atoms. The van der Waals surface area contributed by atoms with Crippen molar-refractivity contribution in [2.24, 2.45) is 0 Å². The van der Waals surface area contributed by atoms with Crippen molar-refractivity contribution in [1.82, 2.24) is 19.7 Å². The quantitative estimate of drug-likeness (QED) is 0.439. The summed E-state index contributed by atoms with van der Waals surface area (Å²) in [5.41, 5.74) is -0.282. The summed E-state index contributed by atoms with van der Waals surface area (Å²) in [4.78, 5) is 41.9. The molecule has 11 heteroatoms. The van der Waals surface area contributed by atoms with E-state index in [1.807, 2.05) is 13.8 Å². The average Bonchev–Trinajstić information content (AvgIpc) is 3.31. The lowest BCUT2D eigenvalue weighted by molar-refractivity contribution is -0.116. The summed E-state index contributed by atoms with van der Waals surface area (Å²) in [5, 5.41) is 13.3. The zero-order chi connectivity index (χ0) is 20.1. The SMILES string of the molecule is CCCCOC(=O)c1csc2ncn(CC(=O)Nc3nnc(CC)s3)c(=O)c12. The van der Waals surface area contributed by atoms with Gasteiger partial charge in [0.25, 0.3) is 5.56 Å². The zero-order valence-electron chi connectivity index (χ0n) is 15.4. The maximum atomic E-state index is 12.8. The number of nitrogens with one attached hydrogen (secondary N) is 1. The standard InChI is InChI=1S/C17H19N5O4S2/c1-3-5-6-26-16(25)10-8-27-14-13(10)15(24)22(9-18-14)7-11(23)19-17-21-20-12(4-2)28-17/h8-9H,3-7H2,1-2H3,(H,19,21,23). The van der Waals surface area contributed by atoms with Gasteiger partial charge in [0.05, 0.1) is 23.9 Å². The number of thiophene rings is 1. The van der Waals surface area contributed by atoms with Gasteiger partial charge in [-0.05, 0) is 12.8 Å². The Kier molecular flexibility index (Phi) is 6.47. The summed E-state index contributed by atoms with van der Waals surface area (Å²) in [6, 6.07) is 0. The van der Waals surface area contributed by atoms with E-state index in [0.29, 0.717) is 16.6 Å². The second-order valence-electron chi connectivity index (χ2n) is 5.90. The van der Waals surface area contributed by atoms with Gasteiger partial charge in [0, 0.05) is 5.38 Å². The molecule has 0 radical (unpaired) electrons. The predicted molar refractivity (Wildman–Crippen MR) is 107 cm³/mol. The maximum Gasteiger partial charge on any atom is 0.339 e. The summed E-state index contributed by atoms with van der Waals surface area (Å²) in [6.45, 7) is 3.98. The number of hydrogen-bond donors (Lipinski definition) is 1. The monoisotopic (exact) mass is 421 g/mol. The molecule has 0 aliphatic heterocycles. The molecule has 0 aliphatic carbocycles. The number of aromatic nitrogens is 4. The van der Waals surface area contributed by atoms with Crippen LogP contribution in [-0.4, -0.2) is 38.2 Å². The molecule has 3 aromatic heterocycles. The van der Waals surface area contributed by atoms with Gasteiger partial charge in [-0.15, -0.1) is 21.5 Å². The molecule has 9 nitrogen and oxygen atoms in total. The van der Waals surface area contributed by atoms with E-state index in [0.717, 1.165) is 28.8 Å². The summed E-state index contributed by atoms with van der Waals surface area (Å²) in [6.07, 6.45) is 3.67. The molecule has 148 valence electrons. The fourth-order valence-electron chi connectivity index (χ4n) is 2.38. The minimum atomic E-state index is -0.554. The van der Waals surface area contributed by atoms with Crippen molar-refractivity contribution in [3.8, 4) is 0 Å². The van der Waals surface area contributed by atoms with E-state index < -0.39 is 17.4 Å². The fourth-order valence-corrected chi connectivity index (χ4v) is 3.94. The second-order valence-corrected chi connectivity index (χ2v) is 7.82. The van der Waals surface area contributed by atoms with E-state index in [9.17, 15) is 14.4 Å². The van der Waals surface area contributed by atoms with E-state index in [1.165, 1.54) is 29.0 Å². The highest BCUT2D eigenvalue weighted by atomic mass is 32.1. The number of amides is 1. The summed E-state index contributed by atoms with van der Waals surface area (Å²) in [5.74, 6) is -0.980. The van der Waals surface area contributed by atoms with Crippen LogP contribution >= 0.6 is 22.7 Å². The van der Waals surface area contributed by atoms with E-state index in [1.54, 1.807) is 5.38 Å². The normalized spacial score (nSPS) is 10.9. The Labute approximate surface area is 168 Å². The second kappa shape index (κ2) is 9.02. The molecule has 0 unspecified atom stereocenters. The highest BCUT2D eigenvalue weighted by Gasteiger charge is 2.19. The minimum Gasteiger partial charge on any atom is -0.462 e. The molecule has 0 saturated carbocycles. The maximum absolute atomic E-state index is 12.8. The number of ether oxygens (including phenoxy) is 1. The molecule has 1 N–H and O–H groups in total. The first-order chi connectivity index (χ1) is 13.5. The van der Waals surface area contributed by atoms with Gasteiger partial charge in [0.2, 0.25) is 11.0 Å². The van der Waals surface area contributed by atoms with Crippen LogP contribution in [0.1, 0.15) is 42.1 Å². The molecule has 3 rings (SSSR count). The number of aryl methyl sites for hydroxylation is 1. The Hall–Kier alpha value is -2.66. The molecule has 1 amide bonds. The van der Waals surface area contributed by atoms with Crippen LogP contribution in [0.25, 0.3) is 10.2 Å². The highest BCUT2D eigenvalue weighted by Crippen LogP contribution is 2.22. The summed E-state index contributed by atoms with van der Waals surface area (Å²) < 4.78 is 6.36. The molecule has 0 atom stereocenters. The third kappa shape index (κ3) is 4.42. The number of carbonyl (C=O) groups is 2. The largest absolute Gasteiger partial charge is 0.462 e. The molecule has 28 heavy (non-hydrogen) atoms. The molecule has 0 saturated heterocycles. The van der Waals surface area contributed by atoms with Crippen LogP contribution in [0.2, 0.25) is 0 Å². The number of unbranched alkanes of at least 4 members (excludes halogenated alkanes) is 1. The van der Waals surface area contributed by atoms with Gasteiger partial charge >= 0.3 is 5.97 Å². The lowest BCUT2D eigenvalue weighted by Crippen LogP contribution is -2.28. The van der Waals surface area contributed by atoms with Crippen LogP contribution in [0.5, 0.6) is 0 Å². The minimum absolute atomic E-state index is 0.172. The first-order valence-electron chi connectivity index (χ1n) is 8.79. The van der Waals surface area contributed by atoms with Gasteiger partial charge in [-0.3, -0.25) is 19.5 Å². The molecule has 3 aromatic rings. The van der Waals surface area contributed by atoms with Crippen molar-refractivity contribution in [2.75, 3.05) is 11.9 Å². The number of carbonyl (C=O) groups excluding carboxylic acids is 2. The van der Waals surface area contributed by atoms with E-state index in [4.69, 9.17) is 4.74 Å². The number of rotatable bonds is 8. The molecule has 0 bridgehead atoms. The van der Waals surface area contributed by atoms with Crippen LogP contribution < -0.4 is 10.9 Å². The first-order valence-corrected chi connectivity index (χ1v) is 10.5. The summed E-state index contributed by atoms with van der Waals surface area (Å²) in [7, 11) is 0. The van der Waals surface area contributed by atoms with Crippen molar-refractivity contribution in [3.63, 3.8) is 0 Å². The molecular formula is C17H19N5O4S2. The van der Waals surface area contributed by atoms with Crippen molar-refractivity contribution in [2.45, 2.75) is 39.7 Å². The summed E-state index contributed by atoms with van der Waals surface area (Å²) >= 11 is 2.47. The van der Waals surface area contributed by atoms with Gasteiger partial charge in [-0.2, -0.15) is 0 Å². The van der Waals surface area contributed by atoms with Gasteiger partial charge < -0.3 is 4.74 Å². The van der Waals surface area contributed by atoms with Crippen molar-refractivity contribution in [3.05, 3.63) is 32.6 Å². The molecule has 3 heterocycles. The fraction of sp³-hybridized carbons (Fsp3) is 0.412. The topological polar surface area (TPSA) is 116 Å². The third-order valence-corrected chi connectivity index (χ3v) is 5.71. The number of hydrogen-bond acceptors (Lipinski definition) is 9. The number of nitrogens with zero attached hydrogens (tertiary/aromatic N) is 4. The average molecular weight is 422 g/mol. The van der Waals surface area contributed by atoms with Crippen molar-refractivity contribution in [1.29, 1.82) is 0 Å². The Morgan fingerprint density at radius 2 is 2.11 bits per heavy atom. The van der Waals surface area contributed by atoms with Crippen LogP contribution in [0, 0.1) is 0 Å². The van der Waals surface area contributed by atoms with Crippen LogP contribution in [0.15, 0.2) is 16.5 Å². The Balaban J connectivity index is 1.79. The van der Waals surface area contributed by atoms with Crippen molar-refractivity contribution < 1.29 is 14.3 Å². The Morgan fingerprint density at radius 1 is 1.29 bits per heavy atom. The smallest absolute Gasteiger partial charge is 0.339 e. The lowest BCUT2D eigenvalue weighted by Gasteiger charge is -2.06. The molecule has 0 fully saturated rings.